The fraction of sp³-hybridized carbons (Fsp3) is 0.778. The van der Waals surface area contributed by atoms with Crippen LogP contribution in [0.25, 0.3) is 0 Å². The third kappa shape index (κ3) is 3.02. The SMILES string of the molecule is C=CCCC(O)(CC)CC. The number of allylic oxidation sites excluding steroid dienone is 1. The minimum atomic E-state index is -0.436. The van der Waals surface area contributed by atoms with Gasteiger partial charge in [0.15, 0.2) is 0 Å². The van der Waals surface area contributed by atoms with Gasteiger partial charge in [0, 0.05) is 0 Å². The van der Waals surface area contributed by atoms with Crippen molar-refractivity contribution in [1.82, 2.24) is 0 Å². The van der Waals surface area contributed by atoms with E-state index in [2.05, 4.69) is 6.58 Å². The van der Waals surface area contributed by atoms with Crippen LogP contribution in [0.5, 0.6) is 0 Å². The van der Waals surface area contributed by atoms with E-state index in [-0.39, 0.29) is 0 Å². The maximum Gasteiger partial charge on any atom is 0.0645 e. The largest absolute Gasteiger partial charge is 0.390 e. The highest BCUT2D eigenvalue weighted by atomic mass is 16.3. The average molecular weight is 142 g/mol. The average Bonchev–Trinajstić information content (AvgIpc) is 2.00. The van der Waals surface area contributed by atoms with Gasteiger partial charge >= 0.3 is 0 Å². The van der Waals surface area contributed by atoms with Crippen molar-refractivity contribution in [2.24, 2.45) is 0 Å². The Labute approximate surface area is 63.8 Å². The standard InChI is InChI=1S/C9H18O/c1-4-7-8-9(10,5-2)6-3/h4,10H,1,5-8H2,2-3H3. The molecule has 0 aromatic carbocycles. The van der Waals surface area contributed by atoms with Crippen molar-refractivity contribution in [2.75, 3.05) is 0 Å². The quantitative estimate of drug-likeness (QED) is 0.585. The normalized spacial score (nSPS) is 11.5. The predicted molar refractivity (Wildman–Crippen MR) is 45.0 cm³/mol. The van der Waals surface area contributed by atoms with Crippen LogP contribution in [0.3, 0.4) is 0 Å². The van der Waals surface area contributed by atoms with E-state index in [0.717, 1.165) is 25.7 Å². The molecule has 0 bridgehead atoms. The summed E-state index contributed by atoms with van der Waals surface area (Å²) in [6.07, 6.45) is 5.31. The maximum absolute atomic E-state index is 9.71. The van der Waals surface area contributed by atoms with Crippen molar-refractivity contribution in [1.29, 1.82) is 0 Å². The molecule has 1 nitrogen and oxygen atoms in total. The summed E-state index contributed by atoms with van der Waals surface area (Å²) in [6, 6.07) is 0. The van der Waals surface area contributed by atoms with Crippen LogP contribution in [-0.4, -0.2) is 10.7 Å². The lowest BCUT2D eigenvalue weighted by Crippen LogP contribution is -2.25. The first-order valence-electron chi connectivity index (χ1n) is 4.01. The molecule has 0 aromatic rings. The summed E-state index contributed by atoms with van der Waals surface area (Å²) in [5.41, 5.74) is -0.436. The van der Waals surface area contributed by atoms with Crippen molar-refractivity contribution < 1.29 is 5.11 Å². The first-order valence-corrected chi connectivity index (χ1v) is 4.01. The summed E-state index contributed by atoms with van der Waals surface area (Å²) in [4.78, 5) is 0. The molecule has 0 heterocycles. The summed E-state index contributed by atoms with van der Waals surface area (Å²) in [5, 5.41) is 9.71. The molecule has 0 saturated heterocycles. The summed E-state index contributed by atoms with van der Waals surface area (Å²) in [6.45, 7) is 7.66. The van der Waals surface area contributed by atoms with Crippen molar-refractivity contribution >= 4 is 0 Å². The van der Waals surface area contributed by atoms with Gasteiger partial charge in [0.05, 0.1) is 5.60 Å². The summed E-state index contributed by atoms with van der Waals surface area (Å²) < 4.78 is 0. The van der Waals surface area contributed by atoms with Crippen molar-refractivity contribution in [3.8, 4) is 0 Å². The monoisotopic (exact) mass is 142 g/mol. The van der Waals surface area contributed by atoms with E-state index < -0.39 is 5.60 Å². The topological polar surface area (TPSA) is 20.2 Å². The fourth-order valence-corrected chi connectivity index (χ4v) is 0.974. The van der Waals surface area contributed by atoms with Gasteiger partial charge in [0.1, 0.15) is 0 Å². The number of hydrogen-bond acceptors (Lipinski definition) is 1. The molecule has 0 atom stereocenters. The van der Waals surface area contributed by atoms with Gasteiger partial charge in [-0.15, -0.1) is 6.58 Å². The number of hydrogen-bond donors (Lipinski definition) is 1. The number of aliphatic hydroxyl groups is 1. The van der Waals surface area contributed by atoms with Crippen LogP contribution in [0.15, 0.2) is 12.7 Å². The molecule has 1 heteroatoms. The Hall–Kier alpha value is -0.300. The van der Waals surface area contributed by atoms with Gasteiger partial charge in [0.2, 0.25) is 0 Å². The van der Waals surface area contributed by atoms with Gasteiger partial charge in [-0.3, -0.25) is 0 Å². The zero-order chi connectivity index (χ0) is 8.04. The second-order valence-corrected chi connectivity index (χ2v) is 2.76. The predicted octanol–water partition coefficient (Wildman–Crippen LogP) is 2.50. The van der Waals surface area contributed by atoms with E-state index in [1.54, 1.807) is 0 Å². The van der Waals surface area contributed by atoms with Gasteiger partial charge in [0.25, 0.3) is 0 Å². The minimum absolute atomic E-state index is 0.436. The Morgan fingerprint density at radius 1 is 1.40 bits per heavy atom. The van der Waals surface area contributed by atoms with Gasteiger partial charge < -0.3 is 5.11 Å². The molecule has 0 radical (unpaired) electrons. The molecule has 0 spiro atoms. The zero-order valence-corrected chi connectivity index (χ0v) is 7.06. The second-order valence-electron chi connectivity index (χ2n) is 2.76. The highest BCUT2D eigenvalue weighted by Crippen LogP contribution is 2.20. The van der Waals surface area contributed by atoms with Crippen LogP contribution >= 0.6 is 0 Å². The molecule has 0 rings (SSSR count). The van der Waals surface area contributed by atoms with Crippen LogP contribution in [-0.2, 0) is 0 Å². The van der Waals surface area contributed by atoms with Gasteiger partial charge in [-0.1, -0.05) is 19.9 Å². The zero-order valence-electron chi connectivity index (χ0n) is 7.06. The summed E-state index contributed by atoms with van der Waals surface area (Å²) in [7, 11) is 0. The van der Waals surface area contributed by atoms with Gasteiger partial charge in [-0.2, -0.15) is 0 Å². The van der Waals surface area contributed by atoms with E-state index in [9.17, 15) is 5.11 Å². The second kappa shape index (κ2) is 4.51. The van der Waals surface area contributed by atoms with E-state index in [1.165, 1.54) is 0 Å². The van der Waals surface area contributed by atoms with Crippen molar-refractivity contribution in [2.45, 2.75) is 45.1 Å². The highest BCUT2D eigenvalue weighted by Gasteiger charge is 2.19. The maximum atomic E-state index is 9.71. The van der Waals surface area contributed by atoms with E-state index >= 15 is 0 Å². The Morgan fingerprint density at radius 2 is 1.90 bits per heavy atom. The highest BCUT2D eigenvalue weighted by molar-refractivity contribution is 4.79. The molecule has 0 aliphatic rings. The van der Waals surface area contributed by atoms with E-state index in [1.807, 2.05) is 19.9 Å². The summed E-state index contributed by atoms with van der Waals surface area (Å²) in [5.74, 6) is 0. The van der Waals surface area contributed by atoms with Gasteiger partial charge in [-0.25, -0.2) is 0 Å². The van der Waals surface area contributed by atoms with E-state index in [0.29, 0.717) is 0 Å². The Morgan fingerprint density at radius 3 is 2.20 bits per heavy atom. The molecule has 0 aliphatic heterocycles. The van der Waals surface area contributed by atoms with Crippen molar-refractivity contribution in [3.63, 3.8) is 0 Å². The first-order chi connectivity index (χ1) is 4.68. The molecule has 0 fully saturated rings. The van der Waals surface area contributed by atoms with E-state index in [4.69, 9.17) is 0 Å². The Bertz CT molecular complexity index is 92.9. The van der Waals surface area contributed by atoms with Crippen LogP contribution in [0, 0.1) is 0 Å². The molecule has 0 aromatic heterocycles. The van der Waals surface area contributed by atoms with Gasteiger partial charge in [-0.05, 0) is 25.7 Å². The summed E-state index contributed by atoms with van der Waals surface area (Å²) >= 11 is 0. The lowest BCUT2D eigenvalue weighted by atomic mass is 9.92. The van der Waals surface area contributed by atoms with Crippen molar-refractivity contribution in [3.05, 3.63) is 12.7 Å². The fourth-order valence-electron chi connectivity index (χ4n) is 0.974. The number of rotatable bonds is 5. The lowest BCUT2D eigenvalue weighted by molar-refractivity contribution is 0.0246. The molecule has 0 saturated carbocycles. The first kappa shape index (κ1) is 9.70. The molecule has 0 amide bonds. The molecular formula is C9H18O. The van der Waals surface area contributed by atoms with Crippen LogP contribution in [0.2, 0.25) is 0 Å². The van der Waals surface area contributed by atoms with Crippen LogP contribution < -0.4 is 0 Å². The molecule has 0 unspecified atom stereocenters. The third-order valence-corrected chi connectivity index (χ3v) is 2.13. The Balaban J connectivity index is 3.68. The smallest absolute Gasteiger partial charge is 0.0645 e. The van der Waals surface area contributed by atoms with Crippen LogP contribution in [0.1, 0.15) is 39.5 Å². The molecule has 60 valence electrons. The molecule has 0 aliphatic carbocycles. The third-order valence-electron chi connectivity index (χ3n) is 2.13. The Kier molecular flexibility index (Phi) is 4.37. The molecule has 1 N–H and O–H groups in total. The minimum Gasteiger partial charge on any atom is -0.390 e. The van der Waals surface area contributed by atoms with Crippen LogP contribution in [0.4, 0.5) is 0 Å². The lowest BCUT2D eigenvalue weighted by Gasteiger charge is -2.24. The molecular weight excluding hydrogens is 124 g/mol. The molecule has 10 heavy (non-hydrogen) atoms.